The lowest BCUT2D eigenvalue weighted by atomic mass is 10.0. The maximum atomic E-state index is 12.1. The summed E-state index contributed by atoms with van der Waals surface area (Å²) in [5.41, 5.74) is 1.45. The normalized spacial score (nSPS) is 15.8. The summed E-state index contributed by atoms with van der Waals surface area (Å²) in [5, 5.41) is 0. The van der Waals surface area contributed by atoms with Crippen LogP contribution in [0.15, 0.2) is 30.3 Å². The van der Waals surface area contributed by atoms with E-state index in [4.69, 9.17) is 0 Å². The van der Waals surface area contributed by atoms with Crippen LogP contribution in [0.5, 0.6) is 0 Å². The molecule has 3 nitrogen and oxygen atoms in total. The first-order valence-electron chi connectivity index (χ1n) is 9.26. The number of hydrogen-bond acceptors (Lipinski definition) is 2. The van der Waals surface area contributed by atoms with E-state index in [1.807, 2.05) is 4.90 Å². The molecule has 0 aliphatic carbocycles. The summed E-state index contributed by atoms with van der Waals surface area (Å²) in [5.74, 6) is 0.363. The predicted molar refractivity (Wildman–Crippen MR) is 96.5 cm³/mol. The summed E-state index contributed by atoms with van der Waals surface area (Å²) in [6, 6.07) is 10.7. The van der Waals surface area contributed by atoms with Crippen molar-refractivity contribution in [1.29, 1.82) is 0 Å². The van der Waals surface area contributed by atoms with Crippen molar-refractivity contribution in [2.24, 2.45) is 0 Å². The molecule has 1 heterocycles. The molecule has 128 valence electrons. The molecular weight excluding hydrogens is 284 g/mol. The topological polar surface area (TPSA) is 23.6 Å². The van der Waals surface area contributed by atoms with Gasteiger partial charge in [-0.15, -0.1) is 0 Å². The van der Waals surface area contributed by atoms with E-state index in [0.29, 0.717) is 5.91 Å². The molecule has 0 N–H and O–H groups in total. The van der Waals surface area contributed by atoms with Gasteiger partial charge in [0.05, 0.1) is 0 Å². The minimum absolute atomic E-state index is 0.363. The van der Waals surface area contributed by atoms with E-state index < -0.39 is 0 Å². The van der Waals surface area contributed by atoms with Gasteiger partial charge in [-0.3, -0.25) is 4.79 Å². The van der Waals surface area contributed by atoms with Crippen molar-refractivity contribution < 1.29 is 4.79 Å². The lowest BCUT2D eigenvalue weighted by Gasteiger charge is -2.32. The second-order valence-electron chi connectivity index (χ2n) is 6.79. The van der Waals surface area contributed by atoms with E-state index in [1.165, 1.54) is 44.1 Å². The number of unbranched alkanes of at least 4 members (excludes halogenated alkanes) is 5. The SMILES string of the molecule is CN1CCN(C(=O)CCCCCCCCc2ccccc2)CC1. The van der Waals surface area contributed by atoms with Crippen molar-refractivity contribution in [1.82, 2.24) is 9.80 Å². The Balaban J connectivity index is 1.42. The van der Waals surface area contributed by atoms with E-state index in [2.05, 4.69) is 42.3 Å². The maximum Gasteiger partial charge on any atom is 0.222 e. The molecule has 1 fully saturated rings. The fourth-order valence-electron chi connectivity index (χ4n) is 3.17. The van der Waals surface area contributed by atoms with Gasteiger partial charge in [0.25, 0.3) is 0 Å². The first kappa shape index (κ1) is 18.0. The Hall–Kier alpha value is -1.35. The Bertz CT molecular complexity index is 438. The van der Waals surface area contributed by atoms with Gasteiger partial charge in [0.2, 0.25) is 5.91 Å². The van der Waals surface area contributed by atoms with Crippen LogP contribution in [-0.2, 0) is 11.2 Å². The van der Waals surface area contributed by atoms with Crippen molar-refractivity contribution >= 4 is 5.91 Å². The van der Waals surface area contributed by atoms with Crippen molar-refractivity contribution in [2.75, 3.05) is 33.2 Å². The van der Waals surface area contributed by atoms with Crippen LogP contribution >= 0.6 is 0 Å². The molecule has 1 aliphatic heterocycles. The average molecular weight is 316 g/mol. The maximum absolute atomic E-state index is 12.1. The number of piperazine rings is 1. The molecule has 0 atom stereocenters. The number of carbonyl (C=O) groups is 1. The molecular formula is C20H32N2O. The molecule has 1 saturated heterocycles. The van der Waals surface area contributed by atoms with E-state index in [1.54, 1.807) is 0 Å². The standard InChI is InChI=1S/C20H32N2O/c1-21-15-17-22(18-16-21)20(23)14-10-5-3-2-4-7-11-19-12-8-6-9-13-19/h6,8-9,12-13H,2-5,7,10-11,14-18H2,1H3. The van der Waals surface area contributed by atoms with Crippen molar-refractivity contribution in [3.05, 3.63) is 35.9 Å². The fourth-order valence-corrected chi connectivity index (χ4v) is 3.17. The van der Waals surface area contributed by atoms with Crippen molar-refractivity contribution in [3.63, 3.8) is 0 Å². The zero-order chi connectivity index (χ0) is 16.3. The Morgan fingerprint density at radius 3 is 2.17 bits per heavy atom. The zero-order valence-electron chi connectivity index (χ0n) is 14.7. The van der Waals surface area contributed by atoms with Gasteiger partial charge in [0, 0.05) is 32.6 Å². The largest absolute Gasteiger partial charge is 0.340 e. The number of amides is 1. The molecule has 3 heteroatoms. The fraction of sp³-hybridized carbons (Fsp3) is 0.650. The number of aryl methyl sites for hydroxylation is 1. The number of benzene rings is 1. The summed E-state index contributed by atoms with van der Waals surface area (Å²) in [6.07, 6.45) is 9.36. The molecule has 0 radical (unpaired) electrons. The summed E-state index contributed by atoms with van der Waals surface area (Å²) < 4.78 is 0. The predicted octanol–water partition coefficient (Wildman–Crippen LogP) is 3.73. The summed E-state index contributed by atoms with van der Waals surface area (Å²) in [6.45, 7) is 3.87. The van der Waals surface area contributed by atoms with Crippen LogP contribution in [0, 0.1) is 0 Å². The van der Waals surface area contributed by atoms with Crippen molar-refractivity contribution in [2.45, 2.75) is 51.4 Å². The lowest BCUT2D eigenvalue weighted by Crippen LogP contribution is -2.47. The highest BCUT2D eigenvalue weighted by molar-refractivity contribution is 5.76. The summed E-state index contributed by atoms with van der Waals surface area (Å²) >= 11 is 0. The van der Waals surface area contributed by atoms with Crippen LogP contribution in [0.1, 0.15) is 50.5 Å². The van der Waals surface area contributed by atoms with Gasteiger partial charge in [-0.05, 0) is 31.9 Å². The van der Waals surface area contributed by atoms with E-state index in [0.717, 1.165) is 39.0 Å². The first-order valence-corrected chi connectivity index (χ1v) is 9.26. The Labute approximate surface area is 141 Å². The zero-order valence-corrected chi connectivity index (χ0v) is 14.7. The molecule has 2 rings (SSSR count). The lowest BCUT2D eigenvalue weighted by molar-refractivity contribution is -0.132. The van der Waals surface area contributed by atoms with Gasteiger partial charge >= 0.3 is 0 Å². The second kappa shape index (κ2) is 10.4. The monoisotopic (exact) mass is 316 g/mol. The highest BCUT2D eigenvalue weighted by Gasteiger charge is 2.18. The van der Waals surface area contributed by atoms with E-state index >= 15 is 0 Å². The molecule has 0 saturated carbocycles. The van der Waals surface area contributed by atoms with Gasteiger partial charge in [0.15, 0.2) is 0 Å². The van der Waals surface area contributed by atoms with Crippen LogP contribution in [0.2, 0.25) is 0 Å². The number of hydrogen-bond donors (Lipinski definition) is 0. The van der Waals surface area contributed by atoms with Gasteiger partial charge in [-0.2, -0.15) is 0 Å². The van der Waals surface area contributed by atoms with Crippen molar-refractivity contribution in [3.8, 4) is 0 Å². The highest BCUT2D eigenvalue weighted by Crippen LogP contribution is 2.12. The van der Waals surface area contributed by atoms with Gasteiger partial charge in [-0.25, -0.2) is 0 Å². The van der Waals surface area contributed by atoms with Gasteiger partial charge in [0.1, 0.15) is 0 Å². The van der Waals surface area contributed by atoms with E-state index in [9.17, 15) is 4.79 Å². The third kappa shape index (κ3) is 7.17. The number of carbonyl (C=O) groups excluding carboxylic acids is 1. The van der Waals surface area contributed by atoms with Crippen LogP contribution in [0.4, 0.5) is 0 Å². The third-order valence-electron chi connectivity index (χ3n) is 4.80. The molecule has 1 aliphatic rings. The van der Waals surface area contributed by atoms with Crippen LogP contribution < -0.4 is 0 Å². The van der Waals surface area contributed by atoms with Gasteiger partial charge in [-0.1, -0.05) is 56.0 Å². The molecule has 1 aromatic carbocycles. The Morgan fingerprint density at radius 2 is 1.48 bits per heavy atom. The minimum atomic E-state index is 0.363. The average Bonchev–Trinajstić information content (AvgIpc) is 2.58. The smallest absolute Gasteiger partial charge is 0.222 e. The minimum Gasteiger partial charge on any atom is -0.340 e. The number of likely N-dealkylation sites (N-methyl/N-ethyl adjacent to an activating group) is 1. The number of rotatable bonds is 9. The van der Waals surface area contributed by atoms with Gasteiger partial charge < -0.3 is 9.80 Å². The van der Waals surface area contributed by atoms with E-state index in [-0.39, 0.29) is 0 Å². The molecule has 0 spiro atoms. The first-order chi connectivity index (χ1) is 11.3. The molecule has 0 aromatic heterocycles. The van der Waals surface area contributed by atoms with Crippen LogP contribution in [-0.4, -0.2) is 48.9 Å². The molecule has 23 heavy (non-hydrogen) atoms. The molecule has 0 unspecified atom stereocenters. The summed E-state index contributed by atoms with van der Waals surface area (Å²) in [7, 11) is 2.12. The quantitative estimate of drug-likeness (QED) is 0.648. The Morgan fingerprint density at radius 1 is 0.870 bits per heavy atom. The highest BCUT2D eigenvalue weighted by atomic mass is 16.2. The van der Waals surface area contributed by atoms with Crippen LogP contribution in [0.25, 0.3) is 0 Å². The Kier molecular flexibility index (Phi) is 8.16. The molecule has 1 aromatic rings. The van der Waals surface area contributed by atoms with Crippen LogP contribution in [0.3, 0.4) is 0 Å². The number of nitrogens with zero attached hydrogens (tertiary/aromatic N) is 2. The molecule has 1 amide bonds. The molecule has 0 bridgehead atoms. The second-order valence-corrected chi connectivity index (χ2v) is 6.79. The summed E-state index contributed by atoms with van der Waals surface area (Å²) in [4.78, 5) is 16.4. The third-order valence-corrected chi connectivity index (χ3v) is 4.80.